The van der Waals surface area contributed by atoms with Crippen molar-refractivity contribution in [2.24, 2.45) is 0 Å². The Morgan fingerprint density at radius 3 is 2.62 bits per heavy atom. The van der Waals surface area contributed by atoms with Gasteiger partial charge in [0.05, 0.1) is 5.56 Å². The maximum atomic E-state index is 12.9. The molecule has 0 aromatic heterocycles. The first-order chi connectivity index (χ1) is 11.7. The second kappa shape index (κ2) is 5.64. The van der Waals surface area contributed by atoms with Gasteiger partial charge in [-0.3, -0.25) is 14.5 Å². The number of hydrogen-bond acceptors (Lipinski definition) is 3. The van der Waals surface area contributed by atoms with E-state index in [-0.39, 0.29) is 11.8 Å². The Bertz CT molecular complexity index is 883. The number of imide groups is 1. The molecule has 1 N–H and O–H groups in total. The molecule has 2 aliphatic rings. The van der Waals surface area contributed by atoms with Crippen LogP contribution < -0.4 is 5.32 Å². The molecule has 0 fully saturated rings. The molecule has 4 heteroatoms. The number of nitrogens with one attached hydrogen (secondary N) is 1. The molecule has 0 unspecified atom stereocenters. The molecule has 0 saturated heterocycles. The highest BCUT2D eigenvalue weighted by Crippen LogP contribution is 2.38. The molecule has 0 bridgehead atoms. The largest absolute Gasteiger partial charge is 0.387 e. The second-order valence-electron chi connectivity index (χ2n) is 6.10. The lowest BCUT2D eigenvalue weighted by molar-refractivity contribution is -0.125. The van der Waals surface area contributed by atoms with Gasteiger partial charge in [0.2, 0.25) is 0 Å². The summed E-state index contributed by atoms with van der Waals surface area (Å²) < 4.78 is 0. The van der Waals surface area contributed by atoms with E-state index in [9.17, 15) is 9.59 Å². The molecule has 0 saturated carbocycles. The van der Waals surface area contributed by atoms with Crippen LogP contribution in [0, 0.1) is 0 Å². The molecule has 4 rings (SSSR count). The molecular weight excluding hydrogens is 300 g/mol. The lowest BCUT2D eigenvalue weighted by Crippen LogP contribution is -2.41. The Morgan fingerprint density at radius 2 is 1.79 bits per heavy atom. The Balaban J connectivity index is 1.67. The first-order valence-corrected chi connectivity index (χ1v) is 8.14. The summed E-state index contributed by atoms with van der Waals surface area (Å²) in [6.07, 6.45) is 1.35. The lowest BCUT2D eigenvalue weighted by atomic mass is 9.98. The molecular formula is C20H18N2O2. The van der Waals surface area contributed by atoms with E-state index in [0.29, 0.717) is 18.5 Å². The predicted octanol–water partition coefficient (Wildman–Crippen LogP) is 3.11. The van der Waals surface area contributed by atoms with Crippen molar-refractivity contribution in [3.8, 4) is 0 Å². The third-order valence-electron chi connectivity index (χ3n) is 4.83. The highest BCUT2D eigenvalue weighted by Gasteiger charge is 2.36. The standard InChI is InChI=1S/C20H18N2O2/c1-21-18-9-5-4-8-16(18)19(23)22-11-10-15-14-7-3-2-6-13(14)12-17(15)20(22)24/h2-9,21H,10-12H2,1H3. The van der Waals surface area contributed by atoms with E-state index < -0.39 is 0 Å². The summed E-state index contributed by atoms with van der Waals surface area (Å²) in [7, 11) is 1.78. The molecule has 2 aromatic carbocycles. The number of nitrogens with zero attached hydrogens (tertiary/aromatic N) is 1. The predicted molar refractivity (Wildman–Crippen MR) is 93.7 cm³/mol. The minimum Gasteiger partial charge on any atom is -0.387 e. The maximum absolute atomic E-state index is 12.9. The van der Waals surface area contributed by atoms with E-state index in [1.165, 1.54) is 16.0 Å². The van der Waals surface area contributed by atoms with Crippen molar-refractivity contribution in [1.82, 2.24) is 4.90 Å². The SMILES string of the molecule is CNc1ccccc1C(=O)N1CCC2=C(Cc3ccccc32)C1=O. The Morgan fingerprint density at radius 1 is 1.04 bits per heavy atom. The van der Waals surface area contributed by atoms with E-state index >= 15 is 0 Å². The number of amides is 2. The third kappa shape index (κ3) is 2.14. The summed E-state index contributed by atoms with van der Waals surface area (Å²) in [4.78, 5) is 27.2. The molecule has 2 aromatic rings. The zero-order valence-electron chi connectivity index (χ0n) is 13.5. The summed E-state index contributed by atoms with van der Waals surface area (Å²) in [6, 6.07) is 15.4. The van der Waals surface area contributed by atoms with Gasteiger partial charge in [0.25, 0.3) is 11.8 Å². The van der Waals surface area contributed by atoms with Gasteiger partial charge in [-0.05, 0) is 35.3 Å². The number of benzene rings is 2. The van der Waals surface area contributed by atoms with Crippen molar-refractivity contribution in [1.29, 1.82) is 0 Å². The number of rotatable bonds is 2. The highest BCUT2D eigenvalue weighted by atomic mass is 16.2. The molecule has 2 amide bonds. The highest BCUT2D eigenvalue weighted by molar-refractivity contribution is 6.16. The fraction of sp³-hybridized carbons (Fsp3) is 0.200. The van der Waals surface area contributed by atoms with Gasteiger partial charge in [-0.2, -0.15) is 0 Å². The number of hydrogen-bond donors (Lipinski definition) is 1. The van der Waals surface area contributed by atoms with Crippen molar-refractivity contribution in [3.05, 3.63) is 70.8 Å². The van der Waals surface area contributed by atoms with Gasteiger partial charge in [-0.15, -0.1) is 0 Å². The smallest absolute Gasteiger partial charge is 0.262 e. The molecule has 120 valence electrons. The summed E-state index contributed by atoms with van der Waals surface area (Å²) in [6.45, 7) is 0.433. The number of para-hydroxylation sites is 1. The van der Waals surface area contributed by atoms with Crippen LogP contribution in [0.2, 0.25) is 0 Å². The quantitative estimate of drug-likeness (QED) is 0.866. The number of carbonyl (C=O) groups excluding carboxylic acids is 2. The van der Waals surface area contributed by atoms with Crippen LogP contribution in [0.4, 0.5) is 5.69 Å². The summed E-state index contributed by atoms with van der Waals surface area (Å²) >= 11 is 0. The van der Waals surface area contributed by atoms with Gasteiger partial charge in [-0.25, -0.2) is 0 Å². The fourth-order valence-corrected chi connectivity index (χ4v) is 3.63. The molecule has 24 heavy (non-hydrogen) atoms. The van der Waals surface area contributed by atoms with Crippen LogP contribution in [-0.4, -0.2) is 30.3 Å². The van der Waals surface area contributed by atoms with Gasteiger partial charge >= 0.3 is 0 Å². The second-order valence-corrected chi connectivity index (χ2v) is 6.10. The van der Waals surface area contributed by atoms with Gasteiger partial charge in [-0.1, -0.05) is 36.4 Å². The van der Waals surface area contributed by atoms with Crippen LogP contribution in [0.5, 0.6) is 0 Å². The Labute approximate surface area is 140 Å². The van der Waals surface area contributed by atoms with Crippen molar-refractivity contribution < 1.29 is 9.59 Å². The van der Waals surface area contributed by atoms with Crippen LogP contribution in [0.1, 0.15) is 27.9 Å². The van der Waals surface area contributed by atoms with Gasteiger partial charge < -0.3 is 5.32 Å². The van der Waals surface area contributed by atoms with E-state index in [1.54, 1.807) is 13.1 Å². The van der Waals surface area contributed by atoms with E-state index in [1.807, 2.05) is 30.3 Å². The van der Waals surface area contributed by atoms with E-state index in [2.05, 4.69) is 17.4 Å². The summed E-state index contributed by atoms with van der Waals surface area (Å²) in [5, 5.41) is 3.02. The first kappa shape index (κ1) is 14.7. The molecule has 0 atom stereocenters. The lowest BCUT2D eigenvalue weighted by Gasteiger charge is -2.27. The third-order valence-corrected chi connectivity index (χ3v) is 4.83. The minimum absolute atomic E-state index is 0.150. The first-order valence-electron chi connectivity index (χ1n) is 8.14. The molecule has 1 heterocycles. The maximum Gasteiger partial charge on any atom is 0.262 e. The monoisotopic (exact) mass is 318 g/mol. The van der Waals surface area contributed by atoms with E-state index in [0.717, 1.165) is 23.3 Å². The van der Waals surface area contributed by atoms with E-state index in [4.69, 9.17) is 0 Å². The zero-order chi connectivity index (χ0) is 16.7. The van der Waals surface area contributed by atoms with Crippen LogP contribution in [-0.2, 0) is 11.2 Å². The Hall–Kier alpha value is -2.88. The van der Waals surface area contributed by atoms with Gasteiger partial charge in [0, 0.05) is 31.3 Å². The van der Waals surface area contributed by atoms with Crippen molar-refractivity contribution in [3.63, 3.8) is 0 Å². The minimum atomic E-state index is -0.229. The number of anilines is 1. The molecule has 1 aliphatic carbocycles. The molecule has 0 spiro atoms. The zero-order valence-corrected chi connectivity index (χ0v) is 13.5. The summed E-state index contributed by atoms with van der Waals surface area (Å²) in [5.41, 5.74) is 5.52. The van der Waals surface area contributed by atoms with Crippen molar-refractivity contribution in [2.45, 2.75) is 12.8 Å². The summed E-state index contributed by atoms with van der Waals surface area (Å²) in [5.74, 6) is -0.379. The fourth-order valence-electron chi connectivity index (χ4n) is 3.63. The average Bonchev–Trinajstić information content (AvgIpc) is 3.01. The van der Waals surface area contributed by atoms with Crippen LogP contribution in [0.3, 0.4) is 0 Å². The van der Waals surface area contributed by atoms with Gasteiger partial charge in [0.15, 0.2) is 0 Å². The van der Waals surface area contributed by atoms with Crippen LogP contribution in [0.15, 0.2) is 54.1 Å². The van der Waals surface area contributed by atoms with Crippen LogP contribution >= 0.6 is 0 Å². The Kier molecular flexibility index (Phi) is 3.45. The number of carbonyl (C=O) groups is 2. The topological polar surface area (TPSA) is 49.4 Å². The normalized spacial score (nSPS) is 16.0. The molecule has 1 aliphatic heterocycles. The van der Waals surface area contributed by atoms with Crippen LogP contribution in [0.25, 0.3) is 5.57 Å². The van der Waals surface area contributed by atoms with Crippen molar-refractivity contribution in [2.75, 3.05) is 18.9 Å². The molecule has 0 radical (unpaired) electrons. The van der Waals surface area contributed by atoms with Crippen molar-refractivity contribution >= 4 is 23.1 Å². The number of fused-ring (bicyclic) bond motifs is 2. The average molecular weight is 318 g/mol. The molecule has 4 nitrogen and oxygen atoms in total. The van der Waals surface area contributed by atoms with Gasteiger partial charge in [0.1, 0.15) is 0 Å².